The van der Waals surface area contributed by atoms with E-state index < -0.39 is 0 Å². The summed E-state index contributed by atoms with van der Waals surface area (Å²) in [6.45, 7) is 2.59. The lowest BCUT2D eigenvalue weighted by Gasteiger charge is -2.21. The summed E-state index contributed by atoms with van der Waals surface area (Å²) in [4.78, 5) is 17.8. The molecule has 1 N–H and O–H groups in total. The van der Waals surface area contributed by atoms with Crippen LogP contribution in [0.25, 0.3) is 0 Å². The van der Waals surface area contributed by atoms with Gasteiger partial charge in [-0.15, -0.1) is 11.3 Å². The van der Waals surface area contributed by atoms with Crippen LogP contribution in [0.2, 0.25) is 0 Å². The number of rotatable bonds is 4. The molecule has 0 bridgehead atoms. The molecule has 21 heavy (non-hydrogen) atoms. The summed E-state index contributed by atoms with van der Waals surface area (Å²) in [7, 11) is 1.94. The molecule has 0 unspecified atom stereocenters. The monoisotopic (exact) mass is 305 g/mol. The zero-order chi connectivity index (χ0) is 14.8. The third-order valence-corrected chi connectivity index (χ3v) is 4.95. The van der Waals surface area contributed by atoms with Crippen LogP contribution in [0.1, 0.15) is 36.1 Å². The van der Waals surface area contributed by atoms with Gasteiger partial charge in [-0.2, -0.15) is 0 Å². The Morgan fingerprint density at radius 3 is 3.14 bits per heavy atom. The van der Waals surface area contributed by atoms with E-state index in [1.54, 1.807) is 17.5 Å². The topological polar surface area (TPSA) is 56.1 Å². The highest BCUT2D eigenvalue weighted by Crippen LogP contribution is 2.29. The predicted molar refractivity (Wildman–Crippen MR) is 81.2 cm³/mol. The number of ether oxygens (including phenoxy) is 1. The lowest BCUT2D eigenvalue weighted by atomic mass is 10.1. The number of aryl methyl sites for hydroxylation is 1. The van der Waals surface area contributed by atoms with Crippen LogP contribution in [0.15, 0.2) is 29.9 Å². The Morgan fingerprint density at radius 1 is 1.62 bits per heavy atom. The number of nitrogens with zero attached hydrogens (tertiary/aromatic N) is 2. The molecule has 2 aromatic heterocycles. The third-order valence-electron chi connectivity index (χ3n) is 3.90. The highest BCUT2D eigenvalue weighted by molar-refractivity contribution is 7.10. The minimum atomic E-state index is -0.163. The van der Waals surface area contributed by atoms with Crippen molar-refractivity contribution in [2.75, 3.05) is 6.61 Å². The first-order chi connectivity index (χ1) is 10.2. The Kier molecular flexibility index (Phi) is 4.07. The third kappa shape index (κ3) is 2.87. The lowest BCUT2D eigenvalue weighted by molar-refractivity contribution is -0.123. The molecular formula is C15H19N3O2S. The summed E-state index contributed by atoms with van der Waals surface area (Å²) < 4.78 is 7.71. The first kappa shape index (κ1) is 14.3. The molecule has 0 radical (unpaired) electrons. The van der Waals surface area contributed by atoms with Crippen LogP contribution in [0, 0.1) is 0 Å². The number of hydrogen-bond acceptors (Lipinski definition) is 4. The van der Waals surface area contributed by atoms with E-state index >= 15 is 0 Å². The normalized spacial score (nSPS) is 23.1. The van der Waals surface area contributed by atoms with Crippen LogP contribution in [0.3, 0.4) is 0 Å². The molecule has 5 nitrogen and oxygen atoms in total. The zero-order valence-corrected chi connectivity index (χ0v) is 13.0. The van der Waals surface area contributed by atoms with E-state index in [-0.39, 0.29) is 24.0 Å². The van der Waals surface area contributed by atoms with E-state index in [9.17, 15) is 4.79 Å². The van der Waals surface area contributed by atoms with Gasteiger partial charge < -0.3 is 14.6 Å². The molecule has 0 spiro atoms. The molecule has 0 aliphatic carbocycles. The highest BCUT2D eigenvalue weighted by atomic mass is 32.1. The first-order valence-electron chi connectivity index (χ1n) is 7.09. The second-order valence-corrected chi connectivity index (χ2v) is 6.31. The Morgan fingerprint density at radius 2 is 2.48 bits per heavy atom. The van der Waals surface area contributed by atoms with Crippen molar-refractivity contribution < 1.29 is 9.53 Å². The smallest absolute Gasteiger partial charge is 0.228 e. The standard InChI is InChI=1S/C15H19N3O2S/c1-10(12-4-3-9-21-12)15(19)17-11-5-8-20-13(11)14-16-6-7-18(14)2/h3-4,6-7,9-11,13H,5,8H2,1-2H3,(H,17,19)/t10-,11-,13-/m0/s1. The van der Waals surface area contributed by atoms with Crippen LogP contribution in [-0.4, -0.2) is 28.1 Å². The van der Waals surface area contributed by atoms with Crippen molar-refractivity contribution in [1.82, 2.24) is 14.9 Å². The van der Waals surface area contributed by atoms with E-state index in [2.05, 4.69) is 10.3 Å². The number of amides is 1. The van der Waals surface area contributed by atoms with E-state index in [0.29, 0.717) is 6.61 Å². The Bertz CT molecular complexity index is 608. The van der Waals surface area contributed by atoms with Gasteiger partial charge in [0.05, 0.1) is 12.0 Å². The number of hydrogen-bond donors (Lipinski definition) is 1. The van der Waals surface area contributed by atoms with Crippen molar-refractivity contribution in [3.05, 3.63) is 40.6 Å². The molecule has 0 aromatic carbocycles. The fourth-order valence-electron chi connectivity index (χ4n) is 2.62. The summed E-state index contributed by atoms with van der Waals surface area (Å²) in [6, 6.07) is 3.95. The molecule has 3 heterocycles. The maximum atomic E-state index is 12.4. The molecule has 0 saturated carbocycles. The summed E-state index contributed by atoms with van der Waals surface area (Å²) in [5.74, 6) is 0.779. The average Bonchev–Trinajstić information content (AvgIpc) is 3.18. The number of imidazole rings is 1. The molecule has 1 saturated heterocycles. The molecule has 2 aromatic rings. The zero-order valence-electron chi connectivity index (χ0n) is 12.2. The molecule has 112 valence electrons. The fourth-order valence-corrected chi connectivity index (χ4v) is 3.40. The largest absolute Gasteiger partial charge is 0.368 e. The Hall–Kier alpha value is -1.66. The summed E-state index contributed by atoms with van der Waals surface area (Å²) >= 11 is 1.61. The number of aromatic nitrogens is 2. The summed E-state index contributed by atoms with van der Waals surface area (Å²) in [5, 5.41) is 5.12. The van der Waals surface area contributed by atoms with Gasteiger partial charge in [-0.1, -0.05) is 6.07 Å². The predicted octanol–water partition coefficient (Wildman–Crippen LogP) is 2.23. The van der Waals surface area contributed by atoms with Crippen LogP contribution in [0.5, 0.6) is 0 Å². The van der Waals surface area contributed by atoms with Crippen LogP contribution >= 0.6 is 11.3 Å². The van der Waals surface area contributed by atoms with Crippen molar-refractivity contribution in [3.8, 4) is 0 Å². The second-order valence-electron chi connectivity index (χ2n) is 5.33. The number of nitrogens with one attached hydrogen (secondary N) is 1. The van der Waals surface area contributed by atoms with Crippen molar-refractivity contribution >= 4 is 17.2 Å². The SMILES string of the molecule is C[C@H](C(=O)N[C@H]1CCO[C@@H]1c1nccn1C)c1cccs1. The second kappa shape index (κ2) is 5.99. The van der Waals surface area contributed by atoms with E-state index in [1.165, 1.54) is 0 Å². The van der Waals surface area contributed by atoms with Crippen LogP contribution in [-0.2, 0) is 16.6 Å². The van der Waals surface area contributed by atoms with Gasteiger partial charge in [-0.25, -0.2) is 4.98 Å². The van der Waals surface area contributed by atoms with Crippen molar-refractivity contribution in [3.63, 3.8) is 0 Å². The lowest BCUT2D eigenvalue weighted by Crippen LogP contribution is -2.39. The summed E-state index contributed by atoms with van der Waals surface area (Å²) in [5.41, 5.74) is 0. The fraction of sp³-hybridized carbons (Fsp3) is 0.467. The van der Waals surface area contributed by atoms with Gasteiger partial charge in [-0.3, -0.25) is 4.79 Å². The quantitative estimate of drug-likeness (QED) is 0.942. The van der Waals surface area contributed by atoms with Crippen molar-refractivity contribution in [2.45, 2.75) is 31.4 Å². The molecule has 1 amide bonds. The van der Waals surface area contributed by atoms with Crippen molar-refractivity contribution in [1.29, 1.82) is 0 Å². The van der Waals surface area contributed by atoms with E-state index in [0.717, 1.165) is 17.1 Å². The van der Waals surface area contributed by atoms with E-state index in [4.69, 9.17) is 4.74 Å². The first-order valence-corrected chi connectivity index (χ1v) is 7.97. The molecule has 6 heteroatoms. The Balaban J connectivity index is 1.69. The average molecular weight is 305 g/mol. The number of thiophene rings is 1. The molecular weight excluding hydrogens is 286 g/mol. The minimum absolute atomic E-state index is 0.0130. The number of carbonyl (C=O) groups excluding carboxylic acids is 1. The van der Waals surface area contributed by atoms with Gasteiger partial charge in [0.1, 0.15) is 11.9 Å². The van der Waals surface area contributed by atoms with Crippen LogP contribution in [0.4, 0.5) is 0 Å². The van der Waals surface area contributed by atoms with Gasteiger partial charge in [0.15, 0.2) is 0 Å². The van der Waals surface area contributed by atoms with E-state index in [1.807, 2.05) is 42.2 Å². The number of carbonyl (C=O) groups is 1. The van der Waals surface area contributed by atoms with Gasteiger partial charge in [0, 0.05) is 30.9 Å². The minimum Gasteiger partial charge on any atom is -0.368 e. The van der Waals surface area contributed by atoms with Crippen LogP contribution < -0.4 is 5.32 Å². The van der Waals surface area contributed by atoms with Gasteiger partial charge in [0.2, 0.25) is 5.91 Å². The molecule has 1 aliphatic rings. The van der Waals surface area contributed by atoms with Gasteiger partial charge in [-0.05, 0) is 24.8 Å². The highest BCUT2D eigenvalue weighted by Gasteiger charge is 2.34. The molecule has 1 fully saturated rings. The van der Waals surface area contributed by atoms with Gasteiger partial charge >= 0.3 is 0 Å². The molecule has 3 rings (SSSR count). The maximum Gasteiger partial charge on any atom is 0.228 e. The maximum absolute atomic E-state index is 12.4. The Labute approximate surface area is 128 Å². The molecule has 1 aliphatic heterocycles. The van der Waals surface area contributed by atoms with Gasteiger partial charge in [0.25, 0.3) is 0 Å². The molecule has 3 atom stereocenters. The van der Waals surface area contributed by atoms with Crippen molar-refractivity contribution in [2.24, 2.45) is 7.05 Å². The summed E-state index contributed by atoms with van der Waals surface area (Å²) in [6.07, 6.45) is 4.30.